The van der Waals surface area contributed by atoms with Gasteiger partial charge in [-0.15, -0.1) is 0 Å². The maximum Gasteiger partial charge on any atom is 0.232 e. The Morgan fingerprint density at radius 3 is 2.30 bits per heavy atom. The number of hydrogen-bond donors (Lipinski definition) is 0. The summed E-state index contributed by atoms with van der Waals surface area (Å²) in [5, 5.41) is 3.63. The number of carbonyl (C=O) groups is 1. The second-order valence-electron chi connectivity index (χ2n) is 2.43. The Balaban J connectivity index is 2.56. The van der Waals surface area contributed by atoms with Crippen molar-refractivity contribution < 1.29 is 19.6 Å². The van der Waals surface area contributed by atoms with E-state index in [2.05, 4.69) is 14.8 Å². The summed E-state index contributed by atoms with van der Waals surface area (Å²) in [5.74, 6) is 0. The highest BCUT2D eigenvalue weighted by Gasteiger charge is 2.36. The summed E-state index contributed by atoms with van der Waals surface area (Å²) in [6, 6.07) is 0. The molecule has 0 bridgehead atoms. The Bertz CT molecular complexity index is 141. The van der Waals surface area contributed by atoms with E-state index in [-0.39, 0.29) is 13.2 Å². The molecule has 1 fully saturated rings. The van der Waals surface area contributed by atoms with E-state index in [4.69, 9.17) is 11.6 Å². The smallest absolute Gasteiger partial charge is 0.232 e. The maximum absolute atomic E-state index is 10.7. The molecule has 4 nitrogen and oxygen atoms in total. The van der Waals surface area contributed by atoms with Gasteiger partial charge >= 0.3 is 0 Å². The fourth-order valence-electron chi connectivity index (χ4n) is 0.497. The van der Waals surface area contributed by atoms with Gasteiger partial charge in [0, 0.05) is 0 Å². The first kappa shape index (κ1) is 7.94. The molecule has 1 aliphatic rings. The first-order valence-electron chi connectivity index (χ1n) is 2.76. The minimum absolute atomic E-state index is 0.134. The van der Waals surface area contributed by atoms with E-state index >= 15 is 0 Å². The van der Waals surface area contributed by atoms with Crippen molar-refractivity contribution in [3.63, 3.8) is 0 Å². The van der Waals surface area contributed by atoms with Gasteiger partial charge < -0.3 is 0 Å². The molecule has 1 aliphatic heterocycles. The molecule has 58 valence electrons. The van der Waals surface area contributed by atoms with Gasteiger partial charge in [-0.05, 0) is 18.5 Å². The van der Waals surface area contributed by atoms with Crippen molar-refractivity contribution in [3.8, 4) is 0 Å². The zero-order valence-electron chi connectivity index (χ0n) is 5.43. The van der Waals surface area contributed by atoms with E-state index < -0.39 is 10.7 Å². The summed E-state index contributed by atoms with van der Waals surface area (Å²) in [7, 11) is 0. The summed E-state index contributed by atoms with van der Waals surface area (Å²) >= 11 is 5.24. The van der Waals surface area contributed by atoms with E-state index in [9.17, 15) is 4.79 Å². The quantitative estimate of drug-likeness (QED) is 0.424. The average molecular weight is 167 g/mol. The molecule has 0 aromatic rings. The largest absolute Gasteiger partial charge is 0.281 e. The minimum Gasteiger partial charge on any atom is -0.281 e. The van der Waals surface area contributed by atoms with E-state index in [1.165, 1.54) is 0 Å². The van der Waals surface area contributed by atoms with Crippen LogP contribution in [0.25, 0.3) is 0 Å². The zero-order chi connectivity index (χ0) is 7.61. The van der Waals surface area contributed by atoms with Crippen LogP contribution < -0.4 is 0 Å². The molecule has 1 heterocycles. The van der Waals surface area contributed by atoms with Gasteiger partial charge in [0.25, 0.3) is 0 Å². The topological polar surface area (TPSA) is 44.8 Å². The van der Waals surface area contributed by atoms with Gasteiger partial charge in [-0.1, -0.05) is 5.04 Å². The van der Waals surface area contributed by atoms with Crippen LogP contribution in [0.5, 0.6) is 0 Å². The summed E-state index contributed by atoms with van der Waals surface area (Å²) < 4.78 is 0. The molecule has 0 amide bonds. The average Bonchev–Trinajstić information content (AvgIpc) is 1.89. The third-order valence-electron chi connectivity index (χ3n) is 1.33. The standard InChI is InChI=1S/C5H7ClO4/c1-5(4(6)7)2-8-10-9-3-5/h2-3H2,1H3. The molecule has 1 rings (SSSR count). The zero-order valence-corrected chi connectivity index (χ0v) is 6.18. The van der Waals surface area contributed by atoms with Crippen LogP contribution in [0.15, 0.2) is 0 Å². The first-order chi connectivity index (χ1) is 4.65. The van der Waals surface area contributed by atoms with Crippen LogP contribution in [0.1, 0.15) is 6.92 Å². The van der Waals surface area contributed by atoms with Crippen molar-refractivity contribution in [1.82, 2.24) is 0 Å². The van der Waals surface area contributed by atoms with Crippen molar-refractivity contribution >= 4 is 16.8 Å². The lowest BCUT2D eigenvalue weighted by Crippen LogP contribution is -2.38. The molecule has 0 aromatic carbocycles. The van der Waals surface area contributed by atoms with Crippen molar-refractivity contribution in [3.05, 3.63) is 0 Å². The highest BCUT2D eigenvalue weighted by Crippen LogP contribution is 2.24. The second-order valence-corrected chi connectivity index (χ2v) is 2.77. The molecule has 10 heavy (non-hydrogen) atoms. The Morgan fingerprint density at radius 1 is 1.50 bits per heavy atom. The number of rotatable bonds is 1. The normalized spacial score (nSPS) is 24.2. The van der Waals surface area contributed by atoms with Crippen LogP contribution in [0.2, 0.25) is 0 Å². The monoisotopic (exact) mass is 166 g/mol. The highest BCUT2D eigenvalue weighted by atomic mass is 35.5. The van der Waals surface area contributed by atoms with Crippen molar-refractivity contribution in [2.24, 2.45) is 5.41 Å². The highest BCUT2D eigenvalue weighted by molar-refractivity contribution is 6.64. The number of halogens is 1. The summed E-state index contributed by atoms with van der Waals surface area (Å²) in [6.07, 6.45) is 0. The third-order valence-corrected chi connectivity index (χ3v) is 1.78. The summed E-state index contributed by atoms with van der Waals surface area (Å²) in [4.78, 5) is 19.5. The lowest BCUT2D eigenvalue weighted by atomic mass is 9.95. The Morgan fingerprint density at radius 2 is 2.00 bits per heavy atom. The van der Waals surface area contributed by atoms with Gasteiger partial charge in [-0.25, -0.2) is 9.78 Å². The van der Waals surface area contributed by atoms with Crippen LogP contribution in [0.4, 0.5) is 0 Å². The predicted octanol–water partition coefficient (Wildman–Crippen LogP) is 0.651. The van der Waals surface area contributed by atoms with E-state index in [1.807, 2.05) is 0 Å². The summed E-state index contributed by atoms with van der Waals surface area (Å²) in [6.45, 7) is 1.91. The molecule has 0 saturated carbocycles. The van der Waals surface area contributed by atoms with E-state index in [0.29, 0.717) is 0 Å². The molecular formula is C5H7ClO4. The second kappa shape index (κ2) is 2.84. The minimum atomic E-state index is -0.764. The number of carbonyl (C=O) groups excluding carboxylic acids is 1. The van der Waals surface area contributed by atoms with Crippen molar-refractivity contribution in [2.45, 2.75) is 6.92 Å². The number of hydrogen-bond acceptors (Lipinski definition) is 4. The molecule has 0 N–H and O–H groups in total. The molecule has 5 heteroatoms. The Kier molecular flexibility index (Phi) is 2.25. The van der Waals surface area contributed by atoms with Gasteiger partial charge in [-0.2, -0.15) is 0 Å². The lowest BCUT2D eigenvalue weighted by Gasteiger charge is -2.26. The molecular weight excluding hydrogens is 160 g/mol. The molecule has 0 aliphatic carbocycles. The van der Waals surface area contributed by atoms with Crippen molar-refractivity contribution in [1.29, 1.82) is 0 Å². The Hall–Kier alpha value is -0.160. The van der Waals surface area contributed by atoms with Crippen LogP contribution in [-0.4, -0.2) is 18.5 Å². The van der Waals surface area contributed by atoms with E-state index in [0.717, 1.165) is 0 Å². The molecule has 0 atom stereocenters. The van der Waals surface area contributed by atoms with Crippen molar-refractivity contribution in [2.75, 3.05) is 13.2 Å². The van der Waals surface area contributed by atoms with Crippen LogP contribution in [0.3, 0.4) is 0 Å². The fraction of sp³-hybridized carbons (Fsp3) is 0.800. The van der Waals surface area contributed by atoms with Gasteiger partial charge in [-0.3, -0.25) is 4.79 Å². The van der Waals surface area contributed by atoms with Crippen LogP contribution in [-0.2, 0) is 19.6 Å². The van der Waals surface area contributed by atoms with Gasteiger partial charge in [0.2, 0.25) is 5.24 Å². The van der Waals surface area contributed by atoms with Gasteiger partial charge in [0.1, 0.15) is 13.2 Å². The SMILES string of the molecule is CC1(C(=O)Cl)COOOC1. The van der Waals surface area contributed by atoms with Gasteiger partial charge in [0.15, 0.2) is 0 Å². The van der Waals surface area contributed by atoms with E-state index in [1.54, 1.807) is 6.92 Å². The fourth-order valence-corrected chi connectivity index (χ4v) is 0.606. The first-order valence-corrected chi connectivity index (χ1v) is 3.14. The lowest BCUT2D eigenvalue weighted by molar-refractivity contribution is -0.545. The molecule has 0 radical (unpaired) electrons. The van der Waals surface area contributed by atoms with Gasteiger partial charge in [0.05, 0.1) is 5.41 Å². The molecule has 0 unspecified atom stereocenters. The van der Waals surface area contributed by atoms with Crippen LogP contribution in [0, 0.1) is 5.41 Å². The molecule has 1 saturated heterocycles. The molecule has 0 spiro atoms. The molecule has 0 aromatic heterocycles. The summed E-state index contributed by atoms with van der Waals surface area (Å²) in [5.41, 5.74) is -0.764. The predicted molar refractivity (Wildman–Crippen MR) is 32.0 cm³/mol. The maximum atomic E-state index is 10.7. The van der Waals surface area contributed by atoms with Crippen LogP contribution >= 0.6 is 11.6 Å². The Labute approximate surface area is 62.9 Å². The third kappa shape index (κ3) is 1.46.